The molecule has 0 spiro atoms. The molecular formula is C12H11ClN2O3. The van der Waals surface area contributed by atoms with Crippen LogP contribution in [0, 0.1) is 0 Å². The molecule has 0 fully saturated rings. The molecule has 2 N–H and O–H groups in total. The van der Waals surface area contributed by atoms with Crippen LogP contribution in [0.3, 0.4) is 0 Å². The van der Waals surface area contributed by atoms with Gasteiger partial charge in [0.25, 0.3) is 5.91 Å². The Morgan fingerprint density at radius 1 is 1.50 bits per heavy atom. The van der Waals surface area contributed by atoms with Crippen LogP contribution in [0.25, 0.3) is 6.08 Å². The van der Waals surface area contributed by atoms with Crippen molar-refractivity contribution in [3.63, 3.8) is 0 Å². The van der Waals surface area contributed by atoms with E-state index in [0.29, 0.717) is 27.6 Å². The fraction of sp³-hybridized carbons (Fsp3) is 0.167. The summed E-state index contributed by atoms with van der Waals surface area (Å²) in [6.07, 6.45) is 1.60. The number of halogens is 1. The molecule has 18 heavy (non-hydrogen) atoms. The number of phenolic OH excluding ortho intramolecular Hbond substituents is 1. The SMILES string of the molecule is COc1cc(C=C2C(=O)NN=C2C)c(Cl)cc1O. The van der Waals surface area contributed by atoms with Crippen molar-refractivity contribution in [1.82, 2.24) is 5.43 Å². The lowest BCUT2D eigenvalue weighted by Crippen LogP contribution is -2.12. The molecule has 0 radical (unpaired) electrons. The van der Waals surface area contributed by atoms with Crippen molar-refractivity contribution in [2.75, 3.05) is 7.11 Å². The van der Waals surface area contributed by atoms with E-state index in [-0.39, 0.29) is 11.7 Å². The Labute approximate surface area is 109 Å². The molecule has 2 rings (SSSR count). The highest BCUT2D eigenvalue weighted by molar-refractivity contribution is 6.33. The molecule has 0 aliphatic carbocycles. The van der Waals surface area contributed by atoms with E-state index < -0.39 is 0 Å². The number of hydrogen-bond donors (Lipinski definition) is 2. The average molecular weight is 267 g/mol. The number of methoxy groups -OCH3 is 1. The highest BCUT2D eigenvalue weighted by Gasteiger charge is 2.19. The minimum Gasteiger partial charge on any atom is -0.504 e. The first-order valence-corrected chi connectivity index (χ1v) is 5.54. The fourth-order valence-corrected chi connectivity index (χ4v) is 1.79. The molecular weight excluding hydrogens is 256 g/mol. The van der Waals surface area contributed by atoms with E-state index >= 15 is 0 Å². The number of nitrogens with zero attached hydrogens (tertiary/aromatic N) is 1. The molecule has 0 aromatic heterocycles. The minimum absolute atomic E-state index is 0.0501. The number of amides is 1. The maximum Gasteiger partial charge on any atom is 0.273 e. The van der Waals surface area contributed by atoms with Crippen molar-refractivity contribution >= 4 is 29.3 Å². The Bertz CT molecular complexity index is 579. The first-order chi connectivity index (χ1) is 8.52. The first-order valence-electron chi connectivity index (χ1n) is 5.16. The van der Waals surface area contributed by atoms with E-state index in [2.05, 4.69) is 10.5 Å². The number of rotatable bonds is 2. The summed E-state index contributed by atoms with van der Waals surface area (Å²) in [4.78, 5) is 11.5. The van der Waals surface area contributed by atoms with Gasteiger partial charge in [0.1, 0.15) is 0 Å². The summed E-state index contributed by atoms with van der Waals surface area (Å²) >= 11 is 6.00. The Hall–Kier alpha value is -2.01. The number of benzene rings is 1. The molecule has 1 aliphatic rings. The fourth-order valence-electron chi connectivity index (χ4n) is 1.58. The summed E-state index contributed by atoms with van der Waals surface area (Å²) in [5.74, 6) is -0.0410. The van der Waals surface area contributed by atoms with Gasteiger partial charge >= 0.3 is 0 Å². The second kappa shape index (κ2) is 4.70. The number of ether oxygens (including phenoxy) is 1. The third-order valence-electron chi connectivity index (χ3n) is 2.56. The maximum absolute atomic E-state index is 11.5. The van der Waals surface area contributed by atoms with Gasteiger partial charge in [-0.2, -0.15) is 5.10 Å². The van der Waals surface area contributed by atoms with Crippen LogP contribution >= 0.6 is 11.6 Å². The van der Waals surface area contributed by atoms with Crippen LogP contribution in [0.1, 0.15) is 12.5 Å². The van der Waals surface area contributed by atoms with Gasteiger partial charge in [0.05, 0.1) is 23.4 Å². The number of aromatic hydroxyl groups is 1. The predicted octanol–water partition coefficient (Wildman–Crippen LogP) is 1.94. The first kappa shape index (κ1) is 12.4. The average Bonchev–Trinajstić information content (AvgIpc) is 2.64. The number of hydrogen-bond acceptors (Lipinski definition) is 4. The zero-order valence-corrected chi connectivity index (χ0v) is 10.6. The molecule has 0 bridgehead atoms. The Kier molecular flexibility index (Phi) is 3.25. The Morgan fingerprint density at radius 3 is 2.78 bits per heavy atom. The molecule has 0 saturated heterocycles. The normalized spacial score (nSPS) is 16.7. The number of carbonyl (C=O) groups excluding carboxylic acids is 1. The van der Waals surface area contributed by atoms with E-state index in [1.54, 1.807) is 19.1 Å². The van der Waals surface area contributed by atoms with E-state index in [9.17, 15) is 9.90 Å². The Morgan fingerprint density at radius 2 is 2.22 bits per heavy atom. The van der Waals surface area contributed by atoms with Crippen LogP contribution in [-0.2, 0) is 4.79 Å². The summed E-state index contributed by atoms with van der Waals surface area (Å²) in [7, 11) is 1.44. The summed E-state index contributed by atoms with van der Waals surface area (Å²) in [5.41, 5.74) is 3.95. The lowest BCUT2D eigenvalue weighted by Gasteiger charge is -2.06. The summed E-state index contributed by atoms with van der Waals surface area (Å²) in [6, 6.07) is 2.93. The van der Waals surface area contributed by atoms with Crippen molar-refractivity contribution in [2.24, 2.45) is 5.10 Å². The van der Waals surface area contributed by atoms with Crippen LogP contribution in [0.15, 0.2) is 22.8 Å². The third-order valence-corrected chi connectivity index (χ3v) is 2.88. The van der Waals surface area contributed by atoms with E-state index in [0.717, 1.165) is 0 Å². The van der Waals surface area contributed by atoms with E-state index in [4.69, 9.17) is 16.3 Å². The van der Waals surface area contributed by atoms with Gasteiger partial charge < -0.3 is 9.84 Å². The molecule has 94 valence electrons. The predicted molar refractivity (Wildman–Crippen MR) is 68.9 cm³/mol. The molecule has 0 unspecified atom stereocenters. The zero-order chi connectivity index (χ0) is 13.3. The number of hydrazone groups is 1. The topological polar surface area (TPSA) is 70.9 Å². The molecule has 5 nitrogen and oxygen atoms in total. The zero-order valence-electron chi connectivity index (χ0n) is 9.82. The number of carbonyl (C=O) groups is 1. The Balaban J connectivity index is 2.49. The molecule has 1 aromatic rings. The second-order valence-corrected chi connectivity index (χ2v) is 4.15. The van der Waals surface area contributed by atoms with Gasteiger partial charge in [-0.05, 0) is 24.6 Å². The van der Waals surface area contributed by atoms with Gasteiger partial charge in [-0.15, -0.1) is 0 Å². The van der Waals surface area contributed by atoms with Gasteiger partial charge in [-0.1, -0.05) is 11.6 Å². The molecule has 1 amide bonds. The van der Waals surface area contributed by atoms with Crippen LogP contribution in [0.2, 0.25) is 5.02 Å². The largest absolute Gasteiger partial charge is 0.504 e. The monoisotopic (exact) mass is 266 g/mol. The van der Waals surface area contributed by atoms with Crippen molar-refractivity contribution in [3.8, 4) is 11.5 Å². The molecule has 6 heteroatoms. The van der Waals surface area contributed by atoms with Crippen molar-refractivity contribution < 1.29 is 14.6 Å². The van der Waals surface area contributed by atoms with E-state index in [1.165, 1.54) is 13.2 Å². The number of nitrogens with one attached hydrogen (secondary N) is 1. The second-order valence-electron chi connectivity index (χ2n) is 3.74. The molecule has 1 aliphatic heterocycles. The van der Waals surface area contributed by atoms with Crippen LogP contribution in [0.5, 0.6) is 11.5 Å². The summed E-state index contributed by atoms with van der Waals surface area (Å²) < 4.78 is 4.99. The smallest absolute Gasteiger partial charge is 0.273 e. The van der Waals surface area contributed by atoms with Gasteiger partial charge in [-0.25, -0.2) is 5.43 Å². The van der Waals surface area contributed by atoms with Crippen LogP contribution < -0.4 is 10.2 Å². The maximum atomic E-state index is 11.5. The lowest BCUT2D eigenvalue weighted by molar-refractivity contribution is -0.116. The molecule has 0 atom stereocenters. The minimum atomic E-state index is -0.282. The van der Waals surface area contributed by atoms with E-state index in [1.807, 2.05) is 0 Å². The van der Waals surface area contributed by atoms with Crippen LogP contribution in [-0.4, -0.2) is 23.8 Å². The lowest BCUT2D eigenvalue weighted by atomic mass is 10.1. The van der Waals surface area contributed by atoms with Gasteiger partial charge in [-0.3, -0.25) is 4.79 Å². The highest BCUT2D eigenvalue weighted by atomic mass is 35.5. The van der Waals surface area contributed by atoms with Gasteiger partial charge in [0.2, 0.25) is 0 Å². The van der Waals surface area contributed by atoms with Crippen LogP contribution in [0.4, 0.5) is 0 Å². The molecule has 1 heterocycles. The summed E-state index contributed by atoms with van der Waals surface area (Å²) in [6.45, 7) is 1.72. The summed E-state index contributed by atoms with van der Waals surface area (Å²) in [5, 5.41) is 13.7. The van der Waals surface area contributed by atoms with Crippen molar-refractivity contribution in [2.45, 2.75) is 6.92 Å². The molecule has 0 saturated carbocycles. The number of phenols is 1. The van der Waals surface area contributed by atoms with Crippen molar-refractivity contribution in [1.29, 1.82) is 0 Å². The van der Waals surface area contributed by atoms with Crippen molar-refractivity contribution in [3.05, 3.63) is 28.3 Å². The third kappa shape index (κ3) is 2.17. The van der Waals surface area contributed by atoms with Gasteiger partial charge in [0, 0.05) is 6.07 Å². The van der Waals surface area contributed by atoms with Gasteiger partial charge in [0.15, 0.2) is 11.5 Å². The molecule has 1 aromatic carbocycles. The highest BCUT2D eigenvalue weighted by Crippen LogP contribution is 2.33. The standard InChI is InChI=1S/C12H11ClN2O3/c1-6-8(12(17)15-14-6)3-7-4-11(18-2)10(16)5-9(7)13/h3-5,16H,1-2H3,(H,15,17). The quantitative estimate of drug-likeness (QED) is 0.804.